The molecule has 0 fully saturated rings. The van der Waals surface area contributed by atoms with Crippen LogP contribution in [-0.2, 0) is 19.2 Å². The Bertz CT molecular complexity index is 695. The first-order valence-corrected chi connectivity index (χ1v) is 14.0. The topological polar surface area (TPSA) is 215 Å². The number of nitrogens with zero attached hydrogens (tertiary/aromatic N) is 1. The third-order valence-corrected chi connectivity index (χ3v) is 6.24. The summed E-state index contributed by atoms with van der Waals surface area (Å²) < 4.78 is 0. The summed E-state index contributed by atoms with van der Waals surface area (Å²) in [6.07, 6.45) is 4.99. The van der Waals surface area contributed by atoms with Gasteiger partial charge in [-0.3, -0.25) is 19.4 Å². The molecule has 3 amide bonds. The van der Waals surface area contributed by atoms with Crippen LogP contribution < -0.4 is 33.2 Å². The Morgan fingerprint density at radius 1 is 0.882 bits per heavy atom. The number of hydrogen-bond donors (Lipinski definition) is 8. The lowest BCUT2D eigenvalue weighted by atomic mass is 10.1. The summed E-state index contributed by atoms with van der Waals surface area (Å²) >= 11 is 7.07. The van der Waals surface area contributed by atoms with E-state index in [4.69, 9.17) is 17.2 Å². The van der Waals surface area contributed by atoms with Crippen molar-refractivity contribution >= 4 is 65.8 Å². The molecule has 4 unspecified atom stereocenters. The average Bonchev–Trinajstić information content (AvgIpc) is 2.79. The number of carbonyl (C=O) groups excluding carboxylic acids is 3. The molecule has 0 heterocycles. The van der Waals surface area contributed by atoms with Gasteiger partial charge in [-0.25, -0.2) is 4.79 Å². The average molecular weight is 540 g/mol. The van der Waals surface area contributed by atoms with Gasteiger partial charge < -0.3 is 38.3 Å². The van der Waals surface area contributed by atoms with Gasteiger partial charge in [-0.1, -0.05) is 0 Å². The maximum absolute atomic E-state index is 12.8. The first-order valence-electron chi connectivity index (χ1n) is 10.6. The van der Waals surface area contributed by atoms with Gasteiger partial charge >= 0.3 is 5.97 Å². The number of carboxylic acid groups (broad SMARTS) is 1. The van der Waals surface area contributed by atoms with E-state index in [0.717, 1.165) is 0 Å². The third-order valence-electron chi connectivity index (χ3n) is 4.59. The molecule has 0 aromatic rings. The van der Waals surface area contributed by atoms with Crippen molar-refractivity contribution in [2.24, 2.45) is 22.2 Å². The third kappa shape index (κ3) is 13.8. The van der Waals surface area contributed by atoms with Crippen LogP contribution in [-0.4, -0.2) is 95.2 Å². The van der Waals surface area contributed by atoms with Gasteiger partial charge in [0, 0.05) is 12.3 Å². The van der Waals surface area contributed by atoms with E-state index in [2.05, 4.69) is 33.6 Å². The maximum Gasteiger partial charge on any atom is 0.326 e. The number of carboxylic acids is 1. The Hall–Kier alpha value is -1.84. The Morgan fingerprint density at radius 3 is 1.88 bits per heavy atom. The first-order chi connectivity index (χ1) is 16.1. The number of guanidine groups is 1. The SMILES string of the molecule is CSCCC(NC(=O)C(CCSC)NC(=O)C(CS)NC(=O)C(N)CCCN=C(N)N)C(=O)O. The molecule has 0 aromatic heterocycles. The lowest BCUT2D eigenvalue weighted by Gasteiger charge is -2.24. The monoisotopic (exact) mass is 539 g/mol. The molecule has 0 radical (unpaired) electrons. The minimum atomic E-state index is -1.15. The summed E-state index contributed by atoms with van der Waals surface area (Å²) in [4.78, 5) is 53.2. The molecule has 196 valence electrons. The van der Waals surface area contributed by atoms with E-state index in [1.807, 2.05) is 12.5 Å². The second-order valence-corrected chi connectivity index (χ2v) is 9.66. The van der Waals surface area contributed by atoms with E-state index in [0.29, 0.717) is 30.9 Å². The standard InChI is InChI=1S/C19H37N7O5S3/c1-33-8-5-12(16(28)25-13(18(30)31)6-9-34-2)24-17(29)14(10-32)26-15(27)11(20)4-3-7-23-19(21)22/h11-14,32H,3-10,20H2,1-2H3,(H,24,29)(H,25,28)(H,26,27)(H,30,31)(H4,21,22,23). The van der Waals surface area contributed by atoms with Crippen LogP contribution in [0.25, 0.3) is 0 Å². The van der Waals surface area contributed by atoms with Gasteiger partial charge in [0.25, 0.3) is 0 Å². The van der Waals surface area contributed by atoms with Crippen LogP contribution in [0.3, 0.4) is 0 Å². The molecule has 0 spiro atoms. The largest absolute Gasteiger partial charge is 0.480 e. The molecule has 0 aromatic carbocycles. The molecule has 4 atom stereocenters. The van der Waals surface area contributed by atoms with E-state index in [-0.39, 0.29) is 24.6 Å². The van der Waals surface area contributed by atoms with Gasteiger partial charge in [-0.05, 0) is 49.7 Å². The Labute approximate surface area is 214 Å². The van der Waals surface area contributed by atoms with Crippen molar-refractivity contribution < 1.29 is 24.3 Å². The second kappa shape index (κ2) is 18.5. The van der Waals surface area contributed by atoms with Crippen molar-refractivity contribution in [3.8, 4) is 0 Å². The molecule has 12 nitrogen and oxygen atoms in total. The van der Waals surface area contributed by atoms with E-state index in [1.54, 1.807) is 0 Å². The first kappa shape index (κ1) is 32.2. The number of thioether (sulfide) groups is 2. The van der Waals surface area contributed by atoms with Crippen LogP contribution >= 0.6 is 36.2 Å². The Balaban J connectivity index is 5.07. The van der Waals surface area contributed by atoms with Crippen LogP contribution in [0.2, 0.25) is 0 Å². The van der Waals surface area contributed by atoms with Gasteiger partial charge in [-0.15, -0.1) is 0 Å². The Kier molecular flexibility index (Phi) is 17.5. The Morgan fingerprint density at radius 2 is 1.38 bits per heavy atom. The van der Waals surface area contributed by atoms with Crippen LogP contribution in [0.15, 0.2) is 4.99 Å². The van der Waals surface area contributed by atoms with Gasteiger partial charge in [0.2, 0.25) is 17.7 Å². The van der Waals surface area contributed by atoms with Crippen molar-refractivity contribution in [2.45, 2.75) is 49.9 Å². The molecule has 0 bridgehead atoms. The van der Waals surface area contributed by atoms with Crippen molar-refractivity contribution in [3.63, 3.8) is 0 Å². The summed E-state index contributed by atoms with van der Waals surface area (Å²) in [7, 11) is 0. The van der Waals surface area contributed by atoms with Gasteiger partial charge in [0.15, 0.2) is 5.96 Å². The predicted molar refractivity (Wildman–Crippen MR) is 141 cm³/mol. The zero-order valence-electron chi connectivity index (χ0n) is 19.5. The molecule has 0 aliphatic rings. The van der Waals surface area contributed by atoms with Gasteiger partial charge in [-0.2, -0.15) is 36.2 Å². The number of hydrogen-bond acceptors (Lipinski definition) is 9. The van der Waals surface area contributed by atoms with Crippen LogP contribution in [0.5, 0.6) is 0 Å². The fraction of sp³-hybridized carbons (Fsp3) is 0.737. The van der Waals surface area contributed by atoms with E-state index < -0.39 is 47.9 Å². The van der Waals surface area contributed by atoms with E-state index in [1.165, 1.54) is 23.5 Å². The normalized spacial score (nSPS) is 14.2. The van der Waals surface area contributed by atoms with Crippen LogP contribution in [0.1, 0.15) is 25.7 Å². The van der Waals surface area contributed by atoms with E-state index in [9.17, 15) is 24.3 Å². The van der Waals surface area contributed by atoms with Crippen molar-refractivity contribution in [3.05, 3.63) is 0 Å². The molecule has 15 heteroatoms. The quantitative estimate of drug-likeness (QED) is 0.0429. The number of aliphatic imine (C=N–C) groups is 1. The number of carbonyl (C=O) groups is 4. The molecule has 0 rings (SSSR count). The lowest BCUT2D eigenvalue weighted by Crippen LogP contribution is -2.57. The molecule has 10 N–H and O–H groups in total. The summed E-state index contributed by atoms with van der Waals surface area (Å²) in [5.41, 5.74) is 16.4. The second-order valence-electron chi connectivity index (χ2n) is 7.32. The van der Waals surface area contributed by atoms with Gasteiger partial charge in [0.1, 0.15) is 18.1 Å². The summed E-state index contributed by atoms with van der Waals surface area (Å²) in [5.74, 6) is -1.88. The molecule has 0 saturated heterocycles. The minimum Gasteiger partial charge on any atom is -0.480 e. The van der Waals surface area contributed by atoms with Crippen molar-refractivity contribution in [1.29, 1.82) is 0 Å². The zero-order valence-corrected chi connectivity index (χ0v) is 22.0. The lowest BCUT2D eigenvalue weighted by molar-refractivity contribution is -0.142. The highest BCUT2D eigenvalue weighted by atomic mass is 32.2. The van der Waals surface area contributed by atoms with Crippen molar-refractivity contribution in [1.82, 2.24) is 16.0 Å². The van der Waals surface area contributed by atoms with Crippen LogP contribution in [0, 0.1) is 0 Å². The number of thiol groups is 1. The number of nitrogens with one attached hydrogen (secondary N) is 3. The summed E-state index contributed by atoms with van der Waals surface area (Å²) in [6.45, 7) is 0.320. The predicted octanol–water partition coefficient (Wildman–Crippen LogP) is -1.66. The summed E-state index contributed by atoms with van der Waals surface area (Å²) in [6, 6.07) is -3.95. The maximum atomic E-state index is 12.8. The number of nitrogens with two attached hydrogens (primary N) is 3. The molecule has 0 aliphatic heterocycles. The van der Waals surface area contributed by atoms with E-state index >= 15 is 0 Å². The highest BCUT2D eigenvalue weighted by Gasteiger charge is 2.29. The fourth-order valence-electron chi connectivity index (χ4n) is 2.67. The molecule has 0 saturated carbocycles. The number of rotatable bonds is 18. The molecular formula is C19H37N7O5S3. The molecule has 0 aliphatic carbocycles. The molecular weight excluding hydrogens is 502 g/mol. The highest BCUT2D eigenvalue weighted by Crippen LogP contribution is 2.06. The zero-order chi connectivity index (χ0) is 26.1. The smallest absolute Gasteiger partial charge is 0.326 e. The number of aliphatic carboxylic acids is 1. The number of amides is 3. The summed E-state index contributed by atoms with van der Waals surface area (Å²) in [5, 5.41) is 17.0. The fourth-order valence-corrected chi connectivity index (χ4v) is 3.87. The van der Waals surface area contributed by atoms with Crippen LogP contribution in [0.4, 0.5) is 0 Å². The van der Waals surface area contributed by atoms with Crippen molar-refractivity contribution in [2.75, 3.05) is 36.3 Å². The minimum absolute atomic E-state index is 0.0271. The highest BCUT2D eigenvalue weighted by molar-refractivity contribution is 7.98. The van der Waals surface area contributed by atoms with Gasteiger partial charge in [0.05, 0.1) is 6.04 Å². The molecule has 34 heavy (non-hydrogen) atoms.